The molecular formula is C13H18Br2N2O2S. The first kappa shape index (κ1) is 16.3. The van der Waals surface area contributed by atoms with Crippen LogP contribution in [0.1, 0.15) is 26.7 Å². The molecule has 1 aliphatic carbocycles. The molecule has 0 radical (unpaired) electrons. The van der Waals surface area contributed by atoms with Crippen LogP contribution < -0.4 is 5.73 Å². The molecule has 20 heavy (non-hydrogen) atoms. The van der Waals surface area contributed by atoms with E-state index in [1.807, 2.05) is 13.8 Å². The van der Waals surface area contributed by atoms with Crippen LogP contribution in [0.3, 0.4) is 0 Å². The Morgan fingerprint density at radius 1 is 1.30 bits per heavy atom. The van der Waals surface area contributed by atoms with E-state index >= 15 is 0 Å². The second kappa shape index (κ2) is 5.94. The van der Waals surface area contributed by atoms with Crippen molar-refractivity contribution in [2.45, 2.75) is 37.6 Å². The maximum absolute atomic E-state index is 12.9. The molecule has 1 aromatic rings. The maximum Gasteiger partial charge on any atom is 0.245 e. The lowest BCUT2D eigenvalue weighted by atomic mass is 10.3. The Balaban J connectivity index is 2.47. The van der Waals surface area contributed by atoms with Crippen LogP contribution >= 0.6 is 31.9 Å². The Kier molecular flexibility index (Phi) is 4.83. The van der Waals surface area contributed by atoms with Gasteiger partial charge in [-0.25, -0.2) is 8.42 Å². The molecule has 0 atom stereocenters. The van der Waals surface area contributed by atoms with Gasteiger partial charge in [-0.05, 0) is 76.6 Å². The van der Waals surface area contributed by atoms with Gasteiger partial charge in [0.15, 0.2) is 0 Å². The molecule has 7 heteroatoms. The van der Waals surface area contributed by atoms with Gasteiger partial charge in [-0.2, -0.15) is 4.31 Å². The number of nitrogens with zero attached hydrogens (tertiary/aromatic N) is 1. The Hall–Kier alpha value is -0.110. The lowest BCUT2D eigenvalue weighted by molar-refractivity contribution is 0.341. The van der Waals surface area contributed by atoms with Gasteiger partial charge in [0.2, 0.25) is 10.0 Å². The summed E-state index contributed by atoms with van der Waals surface area (Å²) in [6.45, 7) is 4.39. The van der Waals surface area contributed by atoms with E-state index in [0.717, 1.165) is 12.8 Å². The Labute approximate surface area is 137 Å². The number of rotatable bonds is 5. The molecule has 0 saturated heterocycles. The molecule has 0 spiro atoms. The summed E-state index contributed by atoms with van der Waals surface area (Å²) >= 11 is 6.63. The fourth-order valence-electron chi connectivity index (χ4n) is 2.08. The van der Waals surface area contributed by atoms with Gasteiger partial charge in [-0.15, -0.1) is 0 Å². The van der Waals surface area contributed by atoms with Crippen LogP contribution in [0.15, 0.2) is 26.0 Å². The predicted molar refractivity (Wildman–Crippen MR) is 88.0 cm³/mol. The van der Waals surface area contributed by atoms with Gasteiger partial charge >= 0.3 is 0 Å². The number of halogens is 2. The minimum atomic E-state index is -3.55. The van der Waals surface area contributed by atoms with Gasteiger partial charge in [0, 0.05) is 27.2 Å². The third-order valence-electron chi connectivity index (χ3n) is 3.30. The second-order valence-electron chi connectivity index (χ2n) is 5.43. The number of sulfonamides is 1. The molecule has 0 aliphatic heterocycles. The predicted octanol–water partition coefficient (Wildman–Crippen LogP) is 3.60. The van der Waals surface area contributed by atoms with Crippen LogP contribution in [0.25, 0.3) is 0 Å². The van der Waals surface area contributed by atoms with Gasteiger partial charge in [0.05, 0.1) is 0 Å². The Morgan fingerprint density at radius 3 is 2.20 bits per heavy atom. The van der Waals surface area contributed by atoms with E-state index in [2.05, 4.69) is 31.9 Å². The summed E-state index contributed by atoms with van der Waals surface area (Å²) in [6, 6.07) is 3.16. The topological polar surface area (TPSA) is 63.4 Å². The molecule has 0 aromatic heterocycles. The summed E-state index contributed by atoms with van der Waals surface area (Å²) in [4.78, 5) is 0.251. The molecule has 2 N–H and O–H groups in total. The Morgan fingerprint density at radius 2 is 1.80 bits per heavy atom. The monoisotopic (exact) mass is 424 g/mol. The summed E-state index contributed by atoms with van der Waals surface area (Å²) in [5.74, 6) is 0.499. The lowest BCUT2D eigenvalue weighted by Gasteiger charge is -2.27. The molecular weight excluding hydrogens is 408 g/mol. The van der Waals surface area contributed by atoms with Crippen LogP contribution in [0.5, 0.6) is 0 Å². The van der Waals surface area contributed by atoms with Crippen molar-refractivity contribution in [3.05, 3.63) is 21.1 Å². The van der Waals surface area contributed by atoms with Crippen molar-refractivity contribution in [1.29, 1.82) is 0 Å². The minimum absolute atomic E-state index is 0.0723. The Bertz CT molecular complexity index is 590. The molecule has 2 rings (SSSR count). The summed E-state index contributed by atoms with van der Waals surface area (Å²) < 4.78 is 28.4. The van der Waals surface area contributed by atoms with E-state index in [1.165, 1.54) is 0 Å². The first-order valence-corrected chi connectivity index (χ1v) is 9.52. The van der Waals surface area contributed by atoms with E-state index in [9.17, 15) is 8.42 Å². The van der Waals surface area contributed by atoms with Gasteiger partial charge < -0.3 is 5.73 Å². The highest BCUT2D eigenvalue weighted by molar-refractivity contribution is 9.11. The molecule has 0 unspecified atom stereocenters. The zero-order valence-corrected chi connectivity index (χ0v) is 15.4. The zero-order valence-electron chi connectivity index (χ0n) is 11.4. The van der Waals surface area contributed by atoms with Crippen LogP contribution in [0.4, 0.5) is 5.69 Å². The average Bonchev–Trinajstić information content (AvgIpc) is 3.06. The van der Waals surface area contributed by atoms with E-state index in [0.29, 0.717) is 27.1 Å². The molecule has 112 valence electrons. The van der Waals surface area contributed by atoms with Crippen molar-refractivity contribution in [3.8, 4) is 0 Å². The van der Waals surface area contributed by atoms with Crippen LogP contribution in [0.2, 0.25) is 0 Å². The third-order valence-corrected chi connectivity index (χ3v) is 7.22. The molecule has 0 heterocycles. The summed E-state index contributed by atoms with van der Waals surface area (Å²) in [5, 5.41) is 0. The fourth-order valence-corrected chi connectivity index (χ4v) is 6.34. The summed E-state index contributed by atoms with van der Waals surface area (Å²) in [6.07, 6.45) is 2.23. The zero-order chi connectivity index (χ0) is 15.1. The van der Waals surface area contributed by atoms with Crippen LogP contribution in [-0.2, 0) is 10.0 Å². The van der Waals surface area contributed by atoms with Crippen molar-refractivity contribution in [2.75, 3.05) is 12.3 Å². The molecule has 1 fully saturated rings. The smallest absolute Gasteiger partial charge is 0.245 e. The molecule has 1 saturated carbocycles. The fraction of sp³-hybridized carbons (Fsp3) is 0.538. The number of nitrogen functional groups attached to an aromatic ring is 1. The van der Waals surface area contributed by atoms with Crippen molar-refractivity contribution in [1.82, 2.24) is 4.31 Å². The largest absolute Gasteiger partial charge is 0.399 e. The summed E-state index contributed by atoms with van der Waals surface area (Å²) in [5.41, 5.74) is 6.24. The number of anilines is 1. The third kappa shape index (κ3) is 3.37. The van der Waals surface area contributed by atoms with Gasteiger partial charge in [-0.3, -0.25) is 0 Å². The van der Waals surface area contributed by atoms with Crippen LogP contribution in [0, 0.1) is 5.92 Å². The lowest BCUT2D eigenvalue weighted by Crippen LogP contribution is -2.38. The average molecular weight is 426 g/mol. The van der Waals surface area contributed by atoms with Crippen molar-refractivity contribution in [3.63, 3.8) is 0 Å². The van der Waals surface area contributed by atoms with Crippen molar-refractivity contribution in [2.24, 2.45) is 5.92 Å². The first-order valence-electron chi connectivity index (χ1n) is 6.50. The number of hydrogen-bond donors (Lipinski definition) is 1. The van der Waals surface area contributed by atoms with E-state index in [4.69, 9.17) is 5.73 Å². The molecule has 0 amide bonds. The van der Waals surface area contributed by atoms with E-state index < -0.39 is 10.0 Å². The van der Waals surface area contributed by atoms with Crippen molar-refractivity contribution >= 4 is 47.6 Å². The quantitative estimate of drug-likeness (QED) is 0.733. The normalized spacial score (nSPS) is 16.1. The highest BCUT2D eigenvalue weighted by Crippen LogP contribution is 2.37. The van der Waals surface area contributed by atoms with Gasteiger partial charge in [0.1, 0.15) is 4.90 Å². The molecule has 1 aromatic carbocycles. The van der Waals surface area contributed by atoms with Crippen molar-refractivity contribution < 1.29 is 8.42 Å². The highest BCUT2D eigenvalue weighted by atomic mass is 79.9. The van der Waals surface area contributed by atoms with Gasteiger partial charge in [0.25, 0.3) is 0 Å². The maximum atomic E-state index is 12.9. The number of hydrogen-bond acceptors (Lipinski definition) is 3. The minimum Gasteiger partial charge on any atom is -0.399 e. The highest BCUT2D eigenvalue weighted by Gasteiger charge is 2.35. The number of nitrogens with two attached hydrogens (primary N) is 1. The second-order valence-corrected chi connectivity index (χ2v) is 8.96. The number of benzene rings is 1. The SMILES string of the molecule is CC(C)N(CC1CC1)S(=O)(=O)c1c(Br)cc(N)cc1Br. The van der Waals surface area contributed by atoms with E-state index in [-0.39, 0.29) is 10.9 Å². The standard InChI is InChI=1S/C13H18Br2N2O2S/c1-8(2)17(7-9-3-4-9)20(18,19)13-11(14)5-10(16)6-12(13)15/h5-6,8-9H,3-4,7,16H2,1-2H3. The first-order chi connectivity index (χ1) is 9.23. The molecule has 4 nitrogen and oxygen atoms in total. The van der Waals surface area contributed by atoms with Crippen LogP contribution in [-0.4, -0.2) is 25.3 Å². The van der Waals surface area contributed by atoms with Gasteiger partial charge in [-0.1, -0.05) is 0 Å². The molecule has 1 aliphatic rings. The van der Waals surface area contributed by atoms with E-state index in [1.54, 1.807) is 16.4 Å². The summed E-state index contributed by atoms with van der Waals surface area (Å²) in [7, 11) is -3.55. The molecule has 0 bridgehead atoms.